The summed E-state index contributed by atoms with van der Waals surface area (Å²) in [4.78, 5) is 57.0. The van der Waals surface area contributed by atoms with Crippen LogP contribution in [0, 0.1) is 5.92 Å². The van der Waals surface area contributed by atoms with Crippen LogP contribution in [0.5, 0.6) is 5.75 Å². The summed E-state index contributed by atoms with van der Waals surface area (Å²) in [6.45, 7) is -0.486. The molecule has 2 saturated carbocycles. The molecule has 1 aromatic carbocycles. The lowest BCUT2D eigenvalue weighted by Gasteiger charge is -2.38. The third-order valence-electron chi connectivity index (χ3n) is 7.57. The van der Waals surface area contributed by atoms with Gasteiger partial charge in [-0.15, -0.1) is 0 Å². The van der Waals surface area contributed by atoms with Gasteiger partial charge in [-0.05, 0) is 43.7 Å². The number of amides is 3. The molecule has 36 heavy (non-hydrogen) atoms. The molecule has 194 valence electrons. The lowest BCUT2D eigenvalue weighted by atomic mass is 9.82. The van der Waals surface area contributed by atoms with Crippen LogP contribution in [0.4, 0.5) is 0 Å². The van der Waals surface area contributed by atoms with Crippen molar-refractivity contribution in [2.45, 2.75) is 76.3 Å². The van der Waals surface area contributed by atoms with Gasteiger partial charge in [0, 0.05) is 29.2 Å². The van der Waals surface area contributed by atoms with Crippen molar-refractivity contribution in [3.63, 3.8) is 0 Å². The molecule has 4 rings (SSSR count). The number of ether oxygens (including phenoxy) is 1. The summed E-state index contributed by atoms with van der Waals surface area (Å²) >= 11 is 0. The van der Waals surface area contributed by atoms with Crippen LogP contribution in [0.15, 0.2) is 24.4 Å². The second-order valence-corrected chi connectivity index (χ2v) is 10.0. The monoisotopic (exact) mass is 496 g/mol. The lowest BCUT2D eigenvalue weighted by Crippen LogP contribution is -2.58. The Hall–Kier alpha value is -3.36. The van der Waals surface area contributed by atoms with Crippen LogP contribution in [0.1, 0.15) is 74.6 Å². The number of fused-ring (bicyclic) bond motifs is 1. The maximum atomic E-state index is 13.7. The molecule has 0 aliphatic heterocycles. The average Bonchev–Trinajstić information content (AvgIpc) is 3.31. The van der Waals surface area contributed by atoms with Gasteiger partial charge in [0.15, 0.2) is 0 Å². The Morgan fingerprint density at radius 2 is 1.72 bits per heavy atom. The van der Waals surface area contributed by atoms with Crippen molar-refractivity contribution in [2.75, 3.05) is 13.7 Å². The highest BCUT2D eigenvalue weighted by Crippen LogP contribution is 2.31. The number of nitrogens with two attached hydrogens (primary N) is 1. The number of Topliss-reactive ketones (excluding diaryl/α,β-unsaturated/α-hetero) is 1. The van der Waals surface area contributed by atoms with Crippen LogP contribution in [-0.4, -0.2) is 59.1 Å². The first-order valence-electron chi connectivity index (χ1n) is 13.0. The summed E-state index contributed by atoms with van der Waals surface area (Å²) in [6, 6.07) is 4.28. The fourth-order valence-corrected chi connectivity index (χ4v) is 5.72. The minimum atomic E-state index is -0.915. The van der Waals surface area contributed by atoms with E-state index in [1.165, 1.54) is 6.20 Å². The molecule has 4 N–H and O–H groups in total. The fourth-order valence-electron chi connectivity index (χ4n) is 5.72. The summed E-state index contributed by atoms with van der Waals surface area (Å²) in [6.07, 6.45) is 11.0. The first-order valence-corrected chi connectivity index (χ1v) is 13.0. The fraction of sp³-hybridized carbons (Fsp3) is 0.556. The first-order chi connectivity index (χ1) is 17.4. The van der Waals surface area contributed by atoms with Gasteiger partial charge in [0.25, 0.3) is 11.7 Å². The van der Waals surface area contributed by atoms with E-state index in [-0.39, 0.29) is 23.4 Å². The van der Waals surface area contributed by atoms with Crippen molar-refractivity contribution >= 4 is 34.4 Å². The van der Waals surface area contributed by atoms with Crippen molar-refractivity contribution in [2.24, 2.45) is 11.7 Å². The normalized spacial score (nSPS) is 17.9. The van der Waals surface area contributed by atoms with Crippen molar-refractivity contribution in [3.05, 3.63) is 30.0 Å². The van der Waals surface area contributed by atoms with Crippen molar-refractivity contribution in [3.8, 4) is 5.75 Å². The Balaban J connectivity index is 1.65. The van der Waals surface area contributed by atoms with Crippen LogP contribution >= 0.6 is 0 Å². The molecule has 3 amide bonds. The third-order valence-corrected chi connectivity index (χ3v) is 7.57. The van der Waals surface area contributed by atoms with Gasteiger partial charge >= 0.3 is 0 Å². The standard InChI is InChI=1S/C27H36N4O5/c1-36-19-12-13-20-21(15-29-22(20)14-19)25(33)27(35)31(16-23(28)32)24(17-8-4-2-5-9-17)26(34)30-18-10-6-3-7-11-18/h12-15,17-18,24,29H,2-11,16H2,1H3,(H2,28,32)(H,30,34). The number of nitrogens with zero attached hydrogens (tertiary/aromatic N) is 1. The molecular weight excluding hydrogens is 460 g/mol. The molecule has 1 unspecified atom stereocenters. The van der Waals surface area contributed by atoms with Crippen molar-refractivity contribution < 1.29 is 23.9 Å². The highest BCUT2D eigenvalue weighted by Gasteiger charge is 2.41. The SMILES string of the molecule is COc1ccc2c(C(=O)C(=O)N(CC(N)=O)C(C(=O)NC3CCCCC3)C3CCCCC3)c[nH]c2c1. The van der Waals surface area contributed by atoms with Gasteiger partial charge < -0.3 is 25.7 Å². The number of aromatic nitrogens is 1. The average molecular weight is 497 g/mol. The van der Waals surface area contributed by atoms with E-state index >= 15 is 0 Å². The molecule has 9 nitrogen and oxygen atoms in total. The molecule has 1 aromatic heterocycles. The molecule has 2 fully saturated rings. The van der Waals surface area contributed by atoms with E-state index < -0.39 is 30.2 Å². The maximum absolute atomic E-state index is 13.7. The van der Waals surface area contributed by atoms with Crippen LogP contribution < -0.4 is 15.8 Å². The minimum absolute atomic E-state index is 0.0437. The molecule has 0 bridgehead atoms. The Morgan fingerprint density at radius 3 is 2.36 bits per heavy atom. The van der Waals surface area contributed by atoms with Crippen LogP contribution in [0.3, 0.4) is 0 Å². The Bertz CT molecular complexity index is 1110. The minimum Gasteiger partial charge on any atom is -0.497 e. The zero-order valence-corrected chi connectivity index (χ0v) is 20.9. The number of carbonyl (C=O) groups excluding carboxylic acids is 4. The van der Waals surface area contributed by atoms with E-state index in [0.29, 0.717) is 16.7 Å². The van der Waals surface area contributed by atoms with E-state index in [1.807, 2.05) is 0 Å². The molecule has 2 aromatic rings. The predicted molar refractivity (Wildman–Crippen MR) is 135 cm³/mol. The molecule has 2 aliphatic carbocycles. The van der Waals surface area contributed by atoms with E-state index in [0.717, 1.165) is 69.1 Å². The van der Waals surface area contributed by atoms with Gasteiger partial charge in [-0.1, -0.05) is 38.5 Å². The number of hydrogen-bond donors (Lipinski definition) is 3. The number of carbonyl (C=O) groups is 4. The van der Waals surface area contributed by atoms with Crippen molar-refractivity contribution in [1.82, 2.24) is 15.2 Å². The maximum Gasteiger partial charge on any atom is 0.296 e. The van der Waals surface area contributed by atoms with E-state index in [2.05, 4.69) is 10.3 Å². The number of rotatable bonds is 9. The number of ketones is 1. The quantitative estimate of drug-likeness (QED) is 0.362. The highest BCUT2D eigenvalue weighted by molar-refractivity contribution is 6.45. The summed E-state index contributed by atoms with van der Waals surface area (Å²) in [5, 5.41) is 3.69. The summed E-state index contributed by atoms with van der Waals surface area (Å²) in [7, 11) is 1.55. The number of benzene rings is 1. The van der Waals surface area contributed by atoms with Gasteiger partial charge in [0.1, 0.15) is 18.3 Å². The Kier molecular flexibility index (Phi) is 8.28. The van der Waals surface area contributed by atoms with E-state index in [4.69, 9.17) is 10.5 Å². The third kappa shape index (κ3) is 5.71. The zero-order valence-electron chi connectivity index (χ0n) is 20.9. The smallest absolute Gasteiger partial charge is 0.296 e. The molecule has 0 radical (unpaired) electrons. The van der Waals surface area contributed by atoms with Gasteiger partial charge in [-0.25, -0.2) is 0 Å². The van der Waals surface area contributed by atoms with Crippen LogP contribution in [-0.2, 0) is 14.4 Å². The second kappa shape index (κ2) is 11.6. The first kappa shape index (κ1) is 25.7. The molecule has 0 spiro atoms. The van der Waals surface area contributed by atoms with Gasteiger partial charge in [-0.2, -0.15) is 0 Å². The van der Waals surface area contributed by atoms with Gasteiger partial charge in [0.2, 0.25) is 11.8 Å². The molecule has 1 heterocycles. The van der Waals surface area contributed by atoms with Crippen LogP contribution in [0.2, 0.25) is 0 Å². The zero-order chi connectivity index (χ0) is 25.7. The predicted octanol–water partition coefficient (Wildman–Crippen LogP) is 3.07. The number of hydrogen-bond acceptors (Lipinski definition) is 5. The number of nitrogens with one attached hydrogen (secondary N) is 2. The summed E-state index contributed by atoms with van der Waals surface area (Å²) < 4.78 is 5.23. The topological polar surface area (TPSA) is 135 Å². The highest BCUT2D eigenvalue weighted by atomic mass is 16.5. The summed E-state index contributed by atoms with van der Waals surface area (Å²) in [5.74, 6) is -2.24. The van der Waals surface area contributed by atoms with E-state index in [9.17, 15) is 19.2 Å². The van der Waals surface area contributed by atoms with E-state index in [1.54, 1.807) is 25.3 Å². The number of primary amides is 1. The molecule has 0 saturated heterocycles. The largest absolute Gasteiger partial charge is 0.497 e. The molecular formula is C27H36N4O5. The van der Waals surface area contributed by atoms with Crippen molar-refractivity contribution in [1.29, 1.82) is 0 Å². The Labute approximate surface area is 211 Å². The lowest BCUT2D eigenvalue weighted by molar-refractivity contribution is -0.142. The summed E-state index contributed by atoms with van der Waals surface area (Å²) in [5.41, 5.74) is 6.36. The molecule has 9 heteroatoms. The number of methoxy groups -OCH3 is 1. The van der Waals surface area contributed by atoms with Crippen LogP contribution in [0.25, 0.3) is 10.9 Å². The van der Waals surface area contributed by atoms with Gasteiger partial charge in [-0.3, -0.25) is 19.2 Å². The molecule has 1 atom stereocenters. The Morgan fingerprint density at radius 1 is 1.06 bits per heavy atom. The second-order valence-electron chi connectivity index (χ2n) is 10.0. The van der Waals surface area contributed by atoms with Gasteiger partial charge in [0.05, 0.1) is 12.7 Å². The molecule has 2 aliphatic rings. The number of aromatic amines is 1. The number of H-pyrrole nitrogens is 1.